The lowest BCUT2D eigenvalue weighted by atomic mass is 10.0. The maximum absolute atomic E-state index is 15.1. The standard InChI is InChI=1S/C36H39ClFN3O6S/c1-36(2,3)39-35(43)31(21-25-11-7-6-8-12-25)40(23-26-13-9-10-14-30(26)38)34(42)24-41(28-17-15-27(37)16-18-28)48(44,45)29-19-20-32(46-4)33(22-29)47-5/h6-20,22,31H,21,23-24H2,1-5H3,(H,39,43). The topological polar surface area (TPSA) is 105 Å². The molecule has 48 heavy (non-hydrogen) atoms. The first-order chi connectivity index (χ1) is 22.7. The molecule has 0 heterocycles. The van der Waals surface area contributed by atoms with Crippen molar-refractivity contribution in [3.63, 3.8) is 0 Å². The highest BCUT2D eigenvalue weighted by atomic mass is 35.5. The smallest absolute Gasteiger partial charge is 0.264 e. The van der Waals surface area contributed by atoms with Crippen molar-refractivity contribution in [2.75, 3.05) is 25.1 Å². The Bertz CT molecular complexity index is 1830. The van der Waals surface area contributed by atoms with Gasteiger partial charge in [-0.05, 0) is 68.8 Å². The van der Waals surface area contributed by atoms with E-state index >= 15 is 4.39 Å². The number of amides is 2. The van der Waals surface area contributed by atoms with Crippen LogP contribution in [-0.2, 0) is 32.6 Å². The van der Waals surface area contributed by atoms with Gasteiger partial charge in [-0.1, -0.05) is 60.1 Å². The lowest BCUT2D eigenvalue weighted by Gasteiger charge is -2.35. The van der Waals surface area contributed by atoms with E-state index in [4.69, 9.17) is 21.1 Å². The number of carbonyl (C=O) groups excluding carboxylic acids is 2. The monoisotopic (exact) mass is 695 g/mol. The summed E-state index contributed by atoms with van der Waals surface area (Å²) in [5.74, 6) is -1.30. The number of rotatable bonds is 13. The summed E-state index contributed by atoms with van der Waals surface area (Å²) in [4.78, 5) is 29.6. The lowest BCUT2D eigenvalue weighted by molar-refractivity contribution is -0.140. The van der Waals surface area contributed by atoms with Crippen molar-refractivity contribution in [1.82, 2.24) is 10.2 Å². The molecule has 0 aliphatic carbocycles. The zero-order valence-corrected chi connectivity index (χ0v) is 29.0. The van der Waals surface area contributed by atoms with E-state index in [9.17, 15) is 18.0 Å². The molecule has 0 aliphatic rings. The van der Waals surface area contributed by atoms with Gasteiger partial charge in [0.1, 0.15) is 18.4 Å². The quantitative estimate of drug-likeness (QED) is 0.177. The fraction of sp³-hybridized carbons (Fsp3) is 0.278. The van der Waals surface area contributed by atoms with Gasteiger partial charge in [-0.3, -0.25) is 13.9 Å². The second kappa shape index (κ2) is 15.5. The molecular weight excluding hydrogens is 657 g/mol. The summed E-state index contributed by atoms with van der Waals surface area (Å²) in [6, 6.07) is 24.0. The van der Waals surface area contributed by atoms with Crippen molar-refractivity contribution in [3.8, 4) is 11.5 Å². The van der Waals surface area contributed by atoms with Crippen LogP contribution in [0.4, 0.5) is 10.1 Å². The third-order valence-electron chi connectivity index (χ3n) is 7.40. The third-order valence-corrected chi connectivity index (χ3v) is 9.43. The largest absolute Gasteiger partial charge is 0.493 e. The Morgan fingerprint density at radius 1 is 0.875 bits per heavy atom. The first-order valence-electron chi connectivity index (χ1n) is 15.1. The molecule has 0 radical (unpaired) electrons. The molecule has 0 saturated carbocycles. The number of carbonyl (C=O) groups is 2. The Labute approximate surface area is 286 Å². The molecule has 4 aromatic rings. The van der Waals surface area contributed by atoms with Gasteiger partial charge in [0.25, 0.3) is 10.0 Å². The summed E-state index contributed by atoms with van der Waals surface area (Å²) in [5.41, 5.74) is 0.399. The number of nitrogens with zero attached hydrogens (tertiary/aromatic N) is 2. The Kier molecular flexibility index (Phi) is 11.7. The summed E-state index contributed by atoms with van der Waals surface area (Å²) < 4.78 is 55.3. The van der Waals surface area contributed by atoms with Crippen LogP contribution in [0.15, 0.2) is 102 Å². The van der Waals surface area contributed by atoms with Gasteiger partial charge in [-0.25, -0.2) is 12.8 Å². The molecular formula is C36H39ClFN3O6S. The first kappa shape index (κ1) is 36.2. The molecule has 0 spiro atoms. The number of hydrogen-bond donors (Lipinski definition) is 1. The molecule has 0 bridgehead atoms. The molecule has 0 saturated heterocycles. The molecule has 4 rings (SSSR count). The van der Waals surface area contributed by atoms with E-state index in [1.807, 2.05) is 51.1 Å². The normalized spacial score (nSPS) is 12.1. The minimum Gasteiger partial charge on any atom is -0.493 e. The third kappa shape index (κ3) is 9.05. The van der Waals surface area contributed by atoms with Gasteiger partial charge in [0, 0.05) is 35.2 Å². The van der Waals surface area contributed by atoms with Crippen molar-refractivity contribution in [3.05, 3.63) is 119 Å². The number of nitrogens with one attached hydrogen (secondary N) is 1. The lowest BCUT2D eigenvalue weighted by Crippen LogP contribution is -2.56. The fourth-order valence-electron chi connectivity index (χ4n) is 5.06. The van der Waals surface area contributed by atoms with Crippen LogP contribution >= 0.6 is 11.6 Å². The average molecular weight is 696 g/mol. The first-order valence-corrected chi connectivity index (χ1v) is 16.9. The molecule has 0 aliphatic heterocycles. The van der Waals surface area contributed by atoms with E-state index in [0.717, 1.165) is 9.87 Å². The highest BCUT2D eigenvalue weighted by Crippen LogP contribution is 2.33. The van der Waals surface area contributed by atoms with Gasteiger partial charge in [0.15, 0.2) is 11.5 Å². The Morgan fingerprint density at radius 3 is 2.10 bits per heavy atom. The van der Waals surface area contributed by atoms with Gasteiger partial charge in [-0.2, -0.15) is 0 Å². The molecule has 254 valence electrons. The predicted molar refractivity (Wildman–Crippen MR) is 184 cm³/mol. The minimum atomic E-state index is -4.44. The number of halogens is 2. The van der Waals surface area contributed by atoms with Crippen molar-refractivity contribution in [2.45, 2.75) is 50.2 Å². The van der Waals surface area contributed by atoms with Crippen LogP contribution < -0.4 is 19.1 Å². The second-order valence-corrected chi connectivity index (χ2v) is 14.4. The van der Waals surface area contributed by atoms with Gasteiger partial charge >= 0.3 is 0 Å². The molecule has 12 heteroatoms. The number of anilines is 1. The number of hydrogen-bond acceptors (Lipinski definition) is 6. The second-order valence-electron chi connectivity index (χ2n) is 12.1. The zero-order valence-electron chi connectivity index (χ0n) is 27.4. The molecule has 4 aromatic carbocycles. The molecule has 1 N–H and O–H groups in total. The highest BCUT2D eigenvalue weighted by molar-refractivity contribution is 7.92. The maximum atomic E-state index is 15.1. The zero-order chi connectivity index (χ0) is 35.1. The number of sulfonamides is 1. The van der Waals surface area contributed by atoms with Crippen LogP contribution in [0.25, 0.3) is 0 Å². The summed E-state index contributed by atoms with van der Waals surface area (Å²) >= 11 is 6.13. The van der Waals surface area contributed by atoms with E-state index < -0.39 is 45.8 Å². The summed E-state index contributed by atoms with van der Waals surface area (Å²) in [6.45, 7) is 4.41. The van der Waals surface area contributed by atoms with Crippen molar-refractivity contribution < 1.29 is 31.9 Å². The fourth-order valence-corrected chi connectivity index (χ4v) is 6.61. The van der Waals surface area contributed by atoms with Crippen molar-refractivity contribution in [1.29, 1.82) is 0 Å². The van der Waals surface area contributed by atoms with E-state index in [-0.39, 0.29) is 34.9 Å². The van der Waals surface area contributed by atoms with Crippen LogP contribution in [-0.4, -0.2) is 57.5 Å². The summed E-state index contributed by atoms with van der Waals surface area (Å²) in [7, 11) is -1.63. The van der Waals surface area contributed by atoms with E-state index in [1.54, 1.807) is 6.07 Å². The van der Waals surface area contributed by atoms with Crippen molar-refractivity contribution in [2.24, 2.45) is 0 Å². The highest BCUT2D eigenvalue weighted by Gasteiger charge is 2.36. The van der Waals surface area contributed by atoms with Crippen LogP contribution in [0.2, 0.25) is 5.02 Å². The van der Waals surface area contributed by atoms with Crippen LogP contribution in [0, 0.1) is 5.82 Å². The van der Waals surface area contributed by atoms with Crippen LogP contribution in [0.1, 0.15) is 31.9 Å². The Morgan fingerprint density at radius 2 is 1.50 bits per heavy atom. The van der Waals surface area contributed by atoms with E-state index in [1.165, 1.54) is 79.8 Å². The Balaban J connectivity index is 1.85. The SMILES string of the molecule is COc1ccc(S(=O)(=O)N(CC(=O)N(Cc2ccccc2F)C(Cc2ccccc2)C(=O)NC(C)(C)C)c2ccc(Cl)cc2)cc1OC. The van der Waals surface area contributed by atoms with E-state index in [0.29, 0.717) is 10.8 Å². The average Bonchev–Trinajstić information content (AvgIpc) is 3.05. The summed E-state index contributed by atoms with van der Waals surface area (Å²) in [5, 5.41) is 3.31. The molecule has 2 amide bonds. The van der Waals surface area contributed by atoms with Gasteiger partial charge in [-0.15, -0.1) is 0 Å². The molecule has 0 aromatic heterocycles. The van der Waals surface area contributed by atoms with Crippen molar-refractivity contribution >= 4 is 39.1 Å². The molecule has 1 unspecified atom stereocenters. The number of methoxy groups -OCH3 is 2. The number of benzene rings is 4. The van der Waals surface area contributed by atoms with E-state index in [2.05, 4.69) is 5.32 Å². The predicted octanol–water partition coefficient (Wildman–Crippen LogP) is 6.25. The minimum absolute atomic E-state index is 0.0896. The van der Waals surface area contributed by atoms with Crippen LogP contribution in [0.3, 0.4) is 0 Å². The molecule has 0 fully saturated rings. The number of ether oxygens (including phenoxy) is 2. The van der Waals surface area contributed by atoms with Gasteiger partial charge in [0.05, 0.1) is 24.8 Å². The van der Waals surface area contributed by atoms with Gasteiger partial charge in [0.2, 0.25) is 11.8 Å². The summed E-state index contributed by atoms with van der Waals surface area (Å²) in [6.07, 6.45) is 0.0896. The molecule has 1 atom stereocenters. The Hall–Kier alpha value is -4.61. The van der Waals surface area contributed by atoms with Crippen LogP contribution in [0.5, 0.6) is 11.5 Å². The maximum Gasteiger partial charge on any atom is 0.264 e. The molecule has 9 nitrogen and oxygen atoms in total. The van der Waals surface area contributed by atoms with Gasteiger partial charge < -0.3 is 19.7 Å².